The van der Waals surface area contributed by atoms with Crippen LogP contribution in [0.2, 0.25) is 5.02 Å². The Kier molecular flexibility index (Phi) is 10.0. The van der Waals surface area contributed by atoms with Gasteiger partial charge in [-0.1, -0.05) is 81.6 Å². The highest BCUT2D eigenvalue weighted by molar-refractivity contribution is 7.92. The zero-order valence-corrected chi connectivity index (χ0v) is 23.7. The molecule has 1 N–H and O–H groups in total. The third-order valence-electron chi connectivity index (χ3n) is 6.89. The van der Waals surface area contributed by atoms with E-state index in [1.54, 1.807) is 24.3 Å². The zero-order chi connectivity index (χ0) is 27.2. The second-order valence-electron chi connectivity index (χ2n) is 10.0. The molecular formula is C28H38ClN3O4S. The smallest absolute Gasteiger partial charge is 0.244 e. The predicted octanol–water partition coefficient (Wildman–Crippen LogP) is 5.10. The number of anilines is 1. The average Bonchev–Trinajstić information content (AvgIpc) is 3.35. The molecule has 2 aromatic rings. The maximum Gasteiger partial charge on any atom is 0.244 e. The van der Waals surface area contributed by atoms with Crippen molar-refractivity contribution in [2.45, 2.75) is 77.4 Å². The van der Waals surface area contributed by atoms with Crippen molar-refractivity contribution >= 4 is 39.1 Å². The summed E-state index contributed by atoms with van der Waals surface area (Å²) in [6.07, 6.45) is 5.48. The van der Waals surface area contributed by atoms with E-state index in [0.717, 1.165) is 41.8 Å². The lowest BCUT2D eigenvalue weighted by atomic mass is 10.0. The lowest BCUT2D eigenvalue weighted by Gasteiger charge is -2.34. The highest BCUT2D eigenvalue weighted by Gasteiger charge is 2.33. The van der Waals surface area contributed by atoms with Gasteiger partial charge in [0.15, 0.2) is 0 Å². The molecule has 0 unspecified atom stereocenters. The van der Waals surface area contributed by atoms with Gasteiger partial charge >= 0.3 is 0 Å². The first kappa shape index (κ1) is 29.0. The van der Waals surface area contributed by atoms with Gasteiger partial charge in [-0.25, -0.2) is 8.42 Å². The molecule has 1 aliphatic carbocycles. The van der Waals surface area contributed by atoms with Crippen LogP contribution in [-0.4, -0.2) is 50.0 Å². The Morgan fingerprint density at radius 1 is 1.05 bits per heavy atom. The van der Waals surface area contributed by atoms with E-state index in [1.165, 1.54) is 4.90 Å². The number of nitrogens with zero attached hydrogens (tertiary/aromatic N) is 2. The second kappa shape index (κ2) is 12.8. The van der Waals surface area contributed by atoms with Crippen molar-refractivity contribution in [1.82, 2.24) is 10.2 Å². The maximum absolute atomic E-state index is 13.9. The van der Waals surface area contributed by atoms with Gasteiger partial charge in [-0.3, -0.25) is 13.9 Å². The Morgan fingerprint density at radius 3 is 2.27 bits per heavy atom. The standard InChI is InChI=1S/C28H38ClN3O4S/c1-5-25(28(34)30-22-13-7-8-14-22)31(18-21-12-6-10-16-24(21)29)27(33)19-32(37(4,35)36)26-17-11-9-15-23(26)20(2)3/h6,9-12,15-17,20,22,25H,5,7-8,13-14,18-19H2,1-4H3,(H,30,34)/t25-/m0/s1. The SMILES string of the molecule is CC[C@@H](C(=O)NC1CCCC1)N(Cc1ccccc1Cl)C(=O)CN(c1ccccc1C(C)C)S(C)(=O)=O. The predicted molar refractivity (Wildman–Crippen MR) is 149 cm³/mol. The Labute approximate surface area is 226 Å². The van der Waals surface area contributed by atoms with Gasteiger partial charge in [0, 0.05) is 17.6 Å². The van der Waals surface area contributed by atoms with Crippen molar-refractivity contribution in [2.24, 2.45) is 0 Å². The van der Waals surface area contributed by atoms with E-state index in [4.69, 9.17) is 11.6 Å². The minimum Gasteiger partial charge on any atom is -0.352 e. The number of hydrogen-bond donors (Lipinski definition) is 1. The van der Waals surface area contributed by atoms with Gasteiger partial charge in [0.25, 0.3) is 0 Å². The molecule has 9 heteroatoms. The number of halogens is 1. The summed E-state index contributed by atoms with van der Waals surface area (Å²) in [5, 5.41) is 3.59. The summed E-state index contributed by atoms with van der Waals surface area (Å²) in [6.45, 7) is 5.49. The van der Waals surface area contributed by atoms with Crippen molar-refractivity contribution in [1.29, 1.82) is 0 Å². The molecule has 1 saturated carbocycles. The van der Waals surface area contributed by atoms with Crippen molar-refractivity contribution < 1.29 is 18.0 Å². The summed E-state index contributed by atoms with van der Waals surface area (Å²) >= 11 is 6.42. The molecule has 0 spiro atoms. The van der Waals surface area contributed by atoms with Crippen LogP contribution in [0.3, 0.4) is 0 Å². The average molecular weight is 548 g/mol. The number of nitrogens with one attached hydrogen (secondary N) is 1. The van der Waals surface area contributed by atoms with E-state index >= 15 is 0 Å². The first-order valence-corrected chi connectivity index (χ1v) is 15.1. The Balaban J connectivity index is 1.98. The molecule has 1 fully saturated rings. The maximum atomic E-state index is 13.9. The molecule has 37 heavy (non-hydrogen) atoms. The summed E-state index contributed by atoms with van der Waals surface area (Å²) in [7, 11) is -3.80. The molecule has 1 atom stereocenters. The molecule has 3 rings (SSSR count). The van der Waals surface area contributed by atoms with Crippen LogP contribution < -0.4 is 9.62 Å². The van der Waals surface area contributed by atoms with Crippen molar-refractivity contribution in [3.63, 3.8) is 0 Å². The lowest BCUT2D eigenvalue weighted by Crippen LogP contribution is -2.53. The molecule has 1 aliphatic rings. The molecule has 0 heterocycles. The summed E-state index contributed by atoms with van der Waals surface area (Å²) in [6, 6.07) is 13.7. The first-order chi connectivity index (χ1) is 17.5. The third kappa shape index (κ3) is 7.48. The molecule has 0 aliphatic heterocycles. The van der Waals surface area contributed by atoms with Gasteiger partial charge in [-0.05, 0) is 48.4 Å². The molecule has 202 valence electrons. The van der Waals surface area contributed by atoms with Gasteiger partial charge in [0.05, 0.1) is 11.9 Å². The minimum absolute atomic E-state index is 0.0513. The fourth-order valence-corrected chi connectivity index (χ4v) is 5.96. The van der Waals surface area contributed by atoms with Crippen LogP contribution in [0.4, 0.5) is 5.69 Å². The van der Waals surface area contributed by atoms with Crippen molar-refractivity contribution in [2.75, 3.05) is 17.1 Å². The van der Waals surface area contributed by atoms with Crippen LogP contribution in [0.5, 0.6) is 0 Å². The summed E-state index contributed by atoms with van der Waals surface area (Å²) in [5.74, 6) is -0.629. The molecule has 7 nitrogen and oxygen atoms in total. The first-order valence-electron chi connectivity index (χ1n) is 12.9. The molecular weight excluding hydrogens is 510 g/mol. The third-order valence-corrected chi connectivity index (χ3v) is 8.39. The van der Waals surface area contributed by atoms with E-state index in [0.29, 0.717) is 22.7 Å². The van der Waals surface area contributed by atoms with Crippen LogP contribution >= 0.6 is 11.6 Å². The lowest BCUT2D eigenvalue weighted by molar-refractivity contribution is -0.140. The van der Waals surface area contributed by atoms with Gasteiger partial charge in [-0.2, -0.15) is 0 Å². The van der Waals surface area contributed by atoms with E-state index in [9.17, 15) is 18.0 Å². The molecule has 0 radical (unpaired) electrons. The number of rotatable bonds is 11. The number of hydrogen-bond acceptors (Lipinski definition) is 4. The number of carbonyl (C=O) groups is 2. The van der Waals surface area contributed by atoms with Gasteiger partial charge < -0.3 is 10.2 Å². The summed E-state index contributed by atoms with van der Waals surface area (Å²) in [4.78, 5) is 28.8. The molecule has 2 aromatic carbocycles. The van der Waals surface area contributed by atoms with Crippen LogP contribution in [0.15, 0.2) is 48.5 Å². The quantitative estimate of drug-likeness (QED) is 0.424. The van der Waals surface area contributed by atoms with E-state index in [2.05, 4.69) is 5.32 Å². The summed E-state index contributed by atoms with van der Waals surface area (Å²) in [5.41, 5.74) is 1.98. The minimum atomic E-state index is -3.80. The van der Waals surface area contributed by atoms with Crippen molar-refractivity contribution in [3.8, 4) is 0 Å². The number of carbonyl (C=O) groups excluding carboxylic acids is 2. The van der Waals surface area contributed by atoms with Gasteiger partial charge in [0.1, 0.15) is 12.6 Å². The Morgan fingerprint density at radius 2 is 1.68 bits per heavy atom. The van der Waals surface area contributed by atoms with E-state index < -0.39 is 28.5 Å². The highest BCUT2D eigenvalue weighted by Crippen LogP contribution is 2.29. The highest BCUT2D eigenvalue weighted by atomic mass is 35.5. The Bertz CT molecular complexity index is 1200. The summed E-state index contributed by atoms with van der Waals surface area (Å²) < 4.78 is 27.0. The van der Waals surface area contributed by atoms with Crippen LogP contribution in [0.25, 0.3) is 0 Å². The van der Waals surface area contributed by atoms with Crippen LogP contribution in [0, 0.1) is 0 Å². The van der Waals surface area contributed by atoms with Crippen LogP contribution in [0.1, 0.15) is 69.9 Å². The fraction of sp³-hybridized carbons (Fsp3) is 0.500. The second-order valence-corrected chi connectivity index (χ2v) is 12.3. The largest absolute Gasteiger partial charge is 0.352 e. The molecule has 0 aromatic heterocycles. The molecule has 0 bridgehead atoms. The Hall–Kier alpha value is -2.58. The number of benzene rings is 2. The van der Waals surface area contributed by atoms with Gasteiger partial charge in [0.2, 0.25) is 21.8 Å². The van der Waals surface area contributed by atoms with Crippen LogP contribution in [-0.2, 0) is 26.2 Å². The number of amides is 2. The zero-order valence-electron chi connectivity index (χ0n) is 22.1. The number of sulfonamides is 1. The van der Waals surface area contributed by atoms with Gasteiger partial charge in [-0.15, -0.1) is 0 Å². The fourth-order valence-electron chi connectivity index (χ4n) is 4.89. The topological polar surface area (TPSA) is 86.8 Å². The monoisotopic (exact) mass is 547 g/mol. The van der Waals surface area contributed by atoms with E-state index in [1.807, 2.05) is 45.0 Å². The van der Waals surface area contributed by atoms with Crippen molar-refractivity contribution in [3.05, 3.63) is 64.7 Å². The molecule has 0 saturated heterocycles. The molecule has 2 amide bonds. The number of para-hydroxylation sites is 1. The normalized spacial score (nSPS) is 15.0. The van der Waals surface area contributed by atoms with E-state index in [-0.39, 0.29) is 24.4 Å².